The Kier molecular flexibility index (Phi) is 7.93. The predicted molar refractivity (Wildman–Crippen MR) is 134 cm³/mol. The molecule has 1 aromatic rings. The quantitative estimate of drug-likeness (QED) is 0.671. The van der Waals surface area contributed by atoms with Gasteiger partial charge in [0, 0.05) is 44.3 Å². The number of piperidine rings is 1. The van der Waals surface area contributed by atoms with Crippen LogP contribution in [-0.4, -0.2) is 75.0 Å². The van der Waals surface area contributed by atoms with Gasteiger partial charge in [0.2, 0.25) is 0 Å². The van der Waals surface area contributed by atoms with Gasteiger partial charge in [-0.2, -0.15) is 0 Å². The monoisotopic (exact) mass is 473 g/mol. The Balaban J connectivity index is 1.50. The lowest BCUT2D eigenvalue weighted by Crippen LogP contribution is -2.56. The minimum absolute atomic E-state index is 0.165. The van der Waals surface area contributed by atoms with Crippen molar-refractivity contribution in [2.24, 2.45) is 17.8 Å². The van der Waals surface area contributed by atoms with Crippen LogP contribution in [0.5, 0.6) is 11.5 Å². The number of piperazine rings is 1. The molecule has 5 atom stereocenters. The van der Waals surface area contributed by atoms with E-state index in [1.54, 1.807) is 14.2 Å². The lowest BCUT2D eigenvalue weighted by Gasteiger charge is -2.47. The van der Waals surface area contributed by atoms with E-state index in [2.05, 4.69) is 50.0 Å². The van der Waals surface area contributed by atoms with Gasteiger partial charge in [0.15, 0.2) is 11.5 Å². The first-order chi connectivity index (χ1) is 16.3. The smallest absolute Gasteiger partial charge is 0.409 e. The van der Waals surface area contributed by atoms with Gasteiger partial charge >= 0.3 is 6.09 Å². The number of nitrogens with one attached hydrogen (secondary N) is 1. The number of benzene rings is 1. The summed E-state index contributed by atoms with van der Waals surface area (Å²) in [4.78, 5) is 17.4. The molecule has 0 bridgehead atoms. The van der Waals surface area contributed by atoms with Crippen LogP contribution in [0.4, 0.5) is 4.79 Å². The van der Waals surface area contributed by atoms with Gasteiger partial charge in [0.25, 0.3) is 0 Å². The Morgan fingerprint density at radius 1 is 1.06 bits per heavy atom. The van der Waals surface area contributed by atoms with Gasteiger partial charge < -0.3 is 24.4 Å². The standard InChI is InChI=1S/C27H43N3O4/c1-17(2)9-21-15-29-8-7-20-11-25(32-5)26(33-6)12-23(20)24(29)10-22(21)16-34-27(31)30-13-18(3)28-19(4)14-30/h11-12,17-19,21-22,24,28H,7-10,13-16H2,1-6H3/t18?,19?,21-,22+,24-/m1/s1. The molecule has 3 aliphatic heterocycles. The van der Waals surface area contributed by atoms with Gasteiger partial charge in [-0.05, 0) is 74.1 Å². The van der Waals surface area contributed by atoms with Crippen LogP contribution in [0.1, 0.15) is 57.7 Å². The number of carbonyl (C=O) groups excluding carboxylic acids is 1. The summed E-state index contributed by atoms with van der Waals surface area (Å²) in [5.74, 6) is 3.09. The normalized spacial score (nSPS) is 29.4. The van der Waals surface area contributed by atoms with Crippen LogP contribution in [-0.2, 0) is 11.2 Å². The highest BCUT2D eigenvalue weighted by Crippen LogP contribution is 2.45. The van der Waals surface area contributed by atoms with E-state index in [0.29, 0.717) is 55.6 Å². The van der Waals surface area contributed by atoms with Crippen molar-refractivity contribution in [2.75, 3.05) is 47.0 Å². The van der Waals surface area contributed by atoms with E-state index < -0.39 is 0 Å². The number of hydrogen-bond acceptors (Lipinski definition) is 6. The molecule has 0 aliphatic carbocycles. The number of carbonyl (C=O) groups is 1. The second kappa shape index (κ2) is 10.7. The number of hydrogen-bond donors (Lipinski definition) is 1. The van der Waals surface area contributed by atoms with E-state index in [1.807, 2.05) is 4.90 Å². The maximum atomic E-state index is 12.9. The SMILES string of the molecule is COc1cc2c(cc1OC)[C@H]1C[C@@H](COC(=O)N3CC(C)NC(C)C3)[C@H](CC(C)C)CN1CC2. The summed E-state index contributed by atoms with van der Waals surface area (Å²) in [6.07, 6.45) is 3.02. The average molecular weight is 474 g/mol. The van der Waals surface area contributed by atoms with Crippen LogP contribution < -0.4 is 14.8 Å². The fraction of sp³-hybridized carbons (Fsp3) is 0.741. The van der Waals surface area contributed by atoms with Crippen LogP contribution in [0.3, 0.4) is 0 Å². The lowest BCUT2D eigenvalue weighted by molar-refractivity contribution is 0.00307. The summed E-state index contributed by atoms with van der Waals surface area (Å²) in [5, 5.41) is 3.48. The maximum Gasteiger partial charge on any atom is 0.409 e. The summed E-state index contributed by atoms with van der Waals surface area (Å²) in [7, 11) is 3.39. The van der Waals surface area contributed by atoms with Crippen LogP contribution in [0.2, 0.25) is 0 Å². The zero-order chi connectivity index (χ0) is 24.4. The highest BCUT2D eigenvalue weighted by molar-refractivity contribution is 5.68. The van der Waals surface area contributed by atoms with Gasteiger partial charge in [0.05, 0.1) is 20.8 Å². The Labute approximate surface area is 205 Å². The Morgan fingerprint density at radius 2 is 1.74 bits per heavy atom. The van der Waals surface area contributed by atoms with Crippen molar-refractivity contribution in [3.8, 4) is 11.5 Å². The number of rotatable bonds is 6. The summed E-state index contributed by atoms with van der Waals surface area (Å²) >= 11 is 0. The van der Waals surface area contributed by atoms with E-state index in [0.717, 1.165) is 43.9 Å². The highest BCUT2D eigenvalue weighted by atomic mass is 16.6. The van der Waals surface area contributed by atoms with Crippen molar-refractivity contribution in [1.29, 1.82) is 0 Å². The first-order valence-corrected chi connectivity index (χ1v) is 13.0. The third kappa shape index (κ3) is 5.46. The summed E-state index contributed by atoms with van der Waals surface area (Å²) < 4.78 is 17.1. The minimum Gasteiger partial charge on any atom is -0.493 e. The molecular weight excluding hydrogens is 430 g/mol. The molecule has 3 heterocycles. The molecule has 34 heavy (non-hydrogen) atoms. The molecule has 0 saturated carbocycles. The van der Waals surface area contributed by atoms with Crippen molar-refractivity contribution in [3.63, 3.8) is 0 Å². The predicted octanol–water partition coefficient (Wildman–Crippen LogP) is 4.10. The molecule has 190 valence electrons. The van der Waals surface area contributed by atoms with Crippen molar-refractivity contribution < 1.29 is 19.0 Å². The Morgan fingerprint density at radius 3 is 2.38 bits per heavy atom. The molecule has 2 fully saturated rings. The molecule has 0 aromatic heterocycles. The van der Waals surface area contributed by atoms with E-state index in [4.69, 9.17) is 14.2 Å². The first kappa shape index (κ1) is 25.1. The minimum atomic E-state index is -0.165. The highest BCUT2D eigenvalue weighted by Gasteiger charge is 2.40. The third-order valence-electron chi connectivity index (χ3n) is 7.79. The maximum absolute atomic E-state index is 12.9. The molecule has 4 rings (SSSR count). The van der Waals surface area contributed by atoms with Gasteiger partial charge in [-0.3, -0.25) is 4.90 Å². The van der Waals surface area contributed by atoms with Crippen LogP contribution in [0.25, 0.3) is 0 Å². The molecule has 3 aliphatic rings. The molecule has 1 aromatic carbocycles. The second-order valence-electron chi connectivity index (χ2n) is 11.0. The Bertz CT molecular complexity index is 851. The van der Waals surface area contributed by atoms with Gasteiger partial charge in [0.1, 0.15) is 0 Å². The van der Waals surface area contributed by atoms with Crippen molar-refractivity contribution in [3.05, 3.63) is 23.3 Å². The molecule has 7 heteroatoms. The average Bonchev–Trinajstić information content (AvgIpc) is 2.80. The topological polar surface area (TPSA) is 63.3 Å². The number of amides is 1. The molecular formula is C27H43N3O4. The van der Waals surface area contributed by atoms with Crippen LogP contribution in [0, 0.1) is 17.8 Å². The third-order valence-corrected chi connectivity index (χ3v) is 7.79. The first-order valence-electron chi connectivity index (χ1n) is 13.0. The fourth-order valence-electron chi connectivity index (χ4n) is 6.33. The second-order valence-corrected chi connectivity index (χ2v) is 11.0. The number of fused-ring (bicyclic) bond motifs is 3. The van der Waals surface area contributed by atoms with Crippen molar-refractivity contribution in [2.45, 2.75) is 65.1 Å². The summed E-state index contributed by atoms with van der Waals surface area (Å²) in [6, 6.07) is 5.22. The fourth-order valence-corrected chi connectivity index (χ4v) is 6.33. The lowest BCUT2D eigenvalue weighted by atomic mass is 9.74. The van der Waals surface area contributed by atoms with Crippen LogP contribution >= 0.6 is 0 Å². The molecule has 7 nitrogen and oxygen atoms in total. The number of nitrogens with zero attached hydrogens (tertiary/aromatic N) is 2. The molecule has 2 saturated heterocycles. The van der Waals surface area contributed by atoms with E-state index in [-0.39, 0.29) is 6.09 Å². The number of methoxy groups -OCH3 is 2. The van der Waals surface area contributed by atoms with E-state index >= 15 is 0 Å². The zero-order valence-corrected chi connectivity index (χ0v) is 21.8. The summed E-state index contributed by atoms with van der Waals surface area (Å²) in [5.41, 5.74) is 2.69. The van der Waals surface area contributed by atoms with Crippen molar-refractivity contribution >= 4 is 6.09 Å². The summed E-state index contributed by atoms with van der Waals surface area (Å²) in [6.45, 7) is 12.8. The van der Waals surface area contributed by atoms with Gasteiger partial charge in [-0.25, -0.2) is 4.79 Å². The van der Waals surface area contributed by atoms with Gasteiger partial charge in [-0.15, -0.1) is 0 Å². The Hall–Kier alpha value is -1.99. The van der Waals surface area contributed by atoms with Crippen LogP contribution in [0.15, 0.2) is 12.1 Å². The van der Waals surface area contributed by atoms with Crippen molar-refractivity contribution in [1.82, 2.24) is 15.1 Å². The van der Waals surface area contributed by atoms with Gasteiger partial charge in [-0.1, -0.05) is 13.8 Å². The zero-order valence-electron chi connectivity index (χ0n) is 21.8. The molecule has 0 spiro atoms. The molecule has 0 radical (unpaired) electrons. The molecule has 1 N–H and O–H groups in total. The molecule has 1 amide bonds. The van der Waals surface area contributed by atoms with E-state index in [1.165, 1.54) is 11.1 Å². The number of ether oxygens (including phenoxy) is 3. The largest absolute Gasteiger partial charge is 0.493 e. The van der Waals surface area contributed by atoms with E-state index in [9.17, 15) is 4.79 Å². The molecule has 2 unspecified atom stereocenters.